The van der Waals surface area contributed by atoms with Gasteiger partial charge in [0.1, 0.15) is 12.4 Å². The summed E-state index contributed by atoms with van der Waals surface area (Å²) in [4.78, 5) is 26.2. The minimum Gasteiger partial charge on any atom is -0.476 e. The lowest BCUT2D eigenvalue weighted by Gasteiger charge is -2.25. The largest absolute Gasteiger partial charge is 0.476 e. The molecule has 2 aromatic rings. The Balaban J connectivity index is 2.05. The number of carbonyl (C=O) groups is 1. The molecule has 2 heterocycles. The number of pyridine rings is 1. The predicted molar refractivity (Wildman–Crippen MR) is 83.1 cm³/mol. The molecule has 1 aromatic carbocycles. The standard InChI is InChI=1S/C15H15NO6S/c1-9(17)15(8-21-23(2,19)20)7-10-3-5-12-11(14(10)22-15)4-6-13(18)16-12/h3-6H,7-8H2,1-2H3,(H,16,18). The molecule has 7 nitrogen and oxygen atoms in total. The smallest absolute Gasteiger partial charge is 0.264 e. The molecule has 1 N–H and O–H groups in total. The van der Waals surface area contributed by atoms with Crippen LogP contribution in [0, 0.1) is 0 Å². The molecule has 0 bridgehead atoms. The molecule has 1 atom stereocenters. The van der Waals surface area contributed by atoms with Crippen LogP contribution in [0.25, 0.3) is 10.9 Å². The predicted octanol–water partition coefficient (Wildman–Crippen LogP) is 0.767. The molecule has 122 valence electrons. The van der Waals surface area contributed by atoms with Crippen LogP contribution < -0.4 is 10.3 Å². The number of ether oxygens (including phenoxy) is 1. The van der Waals surface area contributed by atoms with Gasteiger partial charge in [0.2, 0.25) is 5.56 Å². The van der Waals surface area contributed by atoms with Crippen molar-refractivity contribution in [2.45, 2.75) is 18.9 Å². The maximum Gasteiger partial charge on any atom is 0.264 e. The highest BCUT2D eigenvalue weighted by atomic mass is 32.2. The van der Waals surface area contributed by atoms with Crippen molar-refractivity contribution < 1.29 is 22.1 Å². The van der Waals surface area contributed by atoms with Crippen molar-refractivity contribution in [2.24, 2.45) is 0 Å². The number of carbonyl (C=O) groups excluding carboxylic acids is 1. The molecule has 1 aromatic heterocycles. The lowest BCUT2D eigenvalue weighted by atomic mass is 9.94. The monoisotopic (exact) mass is 337 g/mol. The van der Waals surface area contributed by atoms with Crippen LogP contribution >= 0.6 is 0 Å². The maximum absolute atomic E-state index is 12.1. The van der Waals surface area contributed by atoms with Gasteiger partial charge < -0.3 is 9.72 Å². The average molecular weight is 337 g/mol. The molecule has 0 aliphatic carbocycles. The molecule has 0 radical (unpaired) electrons. The summed E-state index contributed by atoms with van der Waals surface area (Å²) < 4.78 is 33.1. The number of nitrogens with one attached hydrogen (secondary N) is 1. The molecule has 0 saturated heterocycles. The first-order valence-corrected chi connectivity index (χ1v) is 8.71. The number of aromatic nitrogens is 1. The van der Waals surface area contributed by atoms with Crippen LogP contribution in [0.1, 0.15) is 12.5 Å². The average Bonchev–Trinajstić information content (AvgIpc) is 2.84. The highest BCUT2D eigenvalue weighted by Crippen LogP contribution is 2.40. The highest BCUT2D eigenvalue weighted by molar-refractivity contribution is 7.85. The summed E-state index contributed by atoms with van der Waals surface area (Å²) in [6.45, 7) is 0.947. The number of aromatic amines is 1. The van der Waals surface area contributed by atoms with Gasteiger partial charge in [-0.25, -0.2) is 0 Å². The van der Waals surface area contributed by atoms with E-state index in [0.717, 1.165) is 11.8 Å². The van der Waals surface area contributed by atoms with Crippen LogP contribution in [0.2, 0.25) is 0 Å². The lowest BCUT2D eigenvalue weighted by Crippen LogP contribution is -2.47. The maximum atomic E-state index is 12.1. The summed E-state index contributed by atoms with van der Waals surface area (Å²) in [6, 6.07) is 6.46. The van der Waals surface area contributed by atoms with E-state index in [4.69, 9.17) is 8.92 Å². The van der Waals surface area contributed by atoms with Crippen molar-refractivity contribution in [3.63, 3.8) is 0 Å². The number of Topliss-reactive ketones (excluding diaryl/α,β-unsaturated/α-hetero) is 1. The first-order valence-electron chi connectivity index (χ1n) is 6.90. The summed E-state index contributed by atoms with van der Waals surface area (Å²) >= 11 is 0. The van der Waals surface area contributed by atoms with E-state index in [-0.39, 0.29) is 24.4 Å². The summed E-state index contributed by atoms with van der Waals surface area (Å²) in [6.07, 6.45) is 1.13. The Hall–Kier alpha value is -2.19. The fourth-order valence-electron chi connectivity index (χ4n) is 2.63. The van der Waals surface area contributed by atoms with Crippen LogP contribution in [-0.2, 0) is 25.5 Å². The summed E-state index contributed by atoms with van der Waals surface area (Å²) in [5.41, 5.74) is -0.277. The van der Waals surface area contributed by atoms with E-state index >= 15 is 0 Å². The lowest BCUT2D eigenvalue weighted by molar-refractivity contribution is -0.133. The highest BCUT2D eigenvalue weighted by Gasteiger charge is 2.45. The Morgan fingerprint density at radius 1 is 1.35 bits per heavy atom. The fraction of sp³-hybridized carbons (Fsp3) is 0.333. The molecule has 8 heteroatoms. The summed E-state index contributed by atoms with van der Waals surface area (Å²) in [5.74, 6) is 0.140. The number of benzene rings is 1. The van der Waals surface area contributed by atoms with Gasteiger partial charge in [-0.15, -0.1) is 0 Å². The topological polar surface area (TPSA) is 103 Å². The van der Waals surface area contributed by atoms with Crippen molar-refractivity contribution in [1.82, 2.24) is 4.98 Å². The van der Waals surface area contributed by atoms with Crippen molar-refractivity contribution >= 4 is 26.8 Å². The van der Waals surface area contributed by atoms with E-state index in [0.29, 0.717) is 16.7 Å². The third-order valence-electron chi connectivity index (χ3n) is 3.86. The molecule has 0 spiro atoms. The minimum atomic E-state index is -3.70. The van der Waals surface area contributed by atoms with Gasteiger partial charge in [-0.3, -0.25) is 13.8 Å². The van der Waals surface area contributed by atoms with E-state index in [1.165, 1.54) is 13.0 Å². The first-order chi connectivity index (χ1) is 10.7. The number of hydrogen-bond donors (Lipinski definition) is 1. The van der Waals surface area contributed by atoms with Gasteiger partial charge in [0.05, 0.1) is 11.8 Å². The van der Waals surface area contributed by atoms with E-state index in [1.807, 2.05) is 0 Å². The van der Waals surface area contributed by atoms with E-state index in [1.54, 1.807) is 18.2 Å². The Morgan fingerprint density at radius 3 is 2.74 bits per heavy atom. The molecule has 0 amide bonds. The molecule has 23 heavy (non-hydrogen) atoms. The Labute approximate surface area is 132 Å². The Morgan fingerprint density at radius 2 is 2.09 bits per heavy atom. The molecule has 0 fully saturated rings. The fourth-order valence-corrected chi connectivity index (χ4v) is 3.04. The van der Waals surface area contributed by atoms with E-state index < -0.39 is 15.7 Å². The zero-order chi connectivity index (χ0) is 16.8. The zero-order valence-electron chi connectivity index (χ0n) is 12.6. The number of hydrogen-bond acceptors (Lipinski definition) is 6. The second kappa shape index (κ2) is 5.17. The normalized spacial score (nSPS) is 20.3. The van der Waals surface area contributed by atoms with Gasteiger partial charge in [0.15, 0.2) is 11.4 Å². The summed E-state index contributed by atoms with van der Waals surface area (Å²) in [5, 5.41) is 0.657. The molecule has 1 aliphatic heterocycles. The van der Waals surface area contributed by atoms with Gasteiger partial charge in [-0.2, -0.15) is 8.42 Å². The van der Waals surface area contributed by atoms with Gasteiger partial charge in [0.25, 0.3) is 10.1 Å². The third-order valence-corrected chi connectivity index (χ3v) is 4.40. The second-order valence-electron chi connectivity index (χ2n) is 5.63. The van der Waals surface area contributed by atoms with E-state index in [2.05, 4.69) is 4.98 Å². The Kier molecular flexibility index (Phi) is 3.53. The van der Waals surface area contributed by atoms with Crippen molar-refractivity contribution in [1.29, 1.82) is 0 Å². The van der Waals surface area contributed by atoms with Crippen LogP contribution in [0.4, 0.5) is 0 Å². The third kappa shape index (κ3) is 2.87. The molecule has 1 aliphatic rings. The summed E-state index contributed by atoms with van der Waals surface area (Å²) in [7, 11) is -3.70. The van der Waals surface area contributed by atoms with Crippen molar-refractivity contribution in [3.05, 3.63) is 40.2 Å². The SMILES string of the molecule is CC(=O)C1(COS(C)(=O)=O)Cc2ccc3[nH]c(=O)ccc3c2O1. The van der Waals surface area contributed by atoms with E-state index in [9.17, 15) is 18.0 Å². The van der Waals surface area contributed by atoms with Gasteiger partial charge >= 0.3 is 0 Å². The van der Waals surface area contributed by atoms with Crippen LogP contribution in [0.15, 0.2) is 29.1 Å². The minimum absolute atomic E-state index is 0.211. The Bertz CT molecular complexity index is 962. The number of ketones is 1. The molecular weight excluding hydrogens is 322 g/mol. The molecular formula is C15H15NO6S. The molecule has 1 unspecified atom stereocenters. The second-order valence-corrected chi connectivity index (χ2v) is 7.28. The first kappa shape index (κ1) is 15.7. The quantitative estimate of drug-likeness (QED) is 0.827. The molecule has 0 saturated carbocycles. The number of fused-ring (bicyclic) bond motifs is 3. The van der Waals surface area contributed by atoms with Crippen LogP contribution in [0.5, 0.6) is 5.75 Å². The van der Waals surface area contributed by atoms with Gasteiger partial charge in [0, 0.05) is 17.9 Å². The van der Waals surface area contributed by atoms with Crippen LogP contribution in [0.3, 0.4) is 0 Å². The van der Waals surface area contributed by atoms with Crippen molar-refractivity contribution in [3.8, 4) is 5.75 Å². The van der Waals surface area contributed by atoms with Crippen molar-refractivity contribution in [2.75, 3.05) is 12.9 Å². The zero-order valence-corrected chi connectivity index (χ0v) is 13.4. The number of rotatable bonds is 4. The number of H-pyrrole nitrogens is 1. The van der Waals surface area contributed by atoms with Crippen LogP contribution in [-0.4, -0.2) is 37.6 Å². The van der Waals surface area contributed by atoms with Gasteiger partial charge in [-0.1, -0.05) is 6.07 Å². The van der Waals surface area contributed by atoms with Gasteiger partial charge in [-0.05, 0) is 24.6 Å². The molecule has 3 rings (SSSR count).